The van der Waals surface area contributed by atoms with Crippen LogP contribution in [0.25, 0.3) is 16.6 Å². The molecule has 31 heavy (non-hydrogen) atoms. The number of fused-ring (bicyclic) bond motifs is 1. The summed E-state index contributed by atoms with van der Waals surface area (Å²) < 4.78 is 16.1. The summed E-state index contributed by atoms with van der Waals surface area (Å²) in [6.45, 7) is 3.32. The summed E-state index contributed by atoms with van der Waals surface area (Å²) in [7, 11) is 1.73. The first-order chi connectivity index (χ1) is 14.6. The van der Waals surface area contributed by atoms with E-state index in [1.54, 1.807) is 36.4 Å². The summed E-state index contributed by atoms with van der Waals surface area (Å²) in [5.74, 6) is 0.398. The van der Waals surface area contributed by atoms with Crippen LogP contribution in [0.1, 0.15) is 16.7 Å². The molecule has 0 aliphatic heterocycles. The maximum absolute atomic E-state index is 14.4. The van der Waals surface area contributed by atoms with Gasteiger partial charge in [0.1, 0.15) is 5.82 Å². The lowest BCUT2D eigenvalue weighted by atomic mass is 10.1. The Bertz CT molecular complexity index is 1170. The predicted octanol–water partition coefficient (Wildman–Crippen LogP) is 4.33. The number of guanidine groups is 1. The third-order valence-corrected chi connectivity index (χ3v) is 5.09. The lowest BCUT2D eigenvalue weighted by Crippen LogP contribution is -2.37. The van der Waals surface area contributed by atoms with E-state index in [1.807, 2.05) is 6.07 Å². The van der Waals surface area contributed by atoms with Crippen LogP contribution in [-0.2, 0) is 13.0 Å². The number of aromatic amines is 1. The fourth-order valence-corrected chi connectivity index (χ4v) is 3.50. The number of imidazole rings is 1. The summed E-state index contributed by atoms with van der Waals surface area (Å²) in [6, 6.07) is 11.6. The number of nitrogens with one attached hydrogen (secondary N) is 3. The second kappa shape index (κ2) is 10.4. The van der Waals surface area contributed by atoms with E-state index in [-0.39, 0.29) is 29.8 Å². The summed E-state index contributed by atoms with van der Waals surface area (Å²) >= 11 is 0. The van der Waals surface area contributed by atoms with Gasteiger partial charge in [-0.2, -0.15) is 0 Å². The molecule has 0 atom stereocenters. The highest BCUT2D eigenvalue weighted by molar-refractivity contribution is 14.0. The first-order valence-electron chi connectivity index (χ1n) is 9.92. The molecule has 2 heterocycles. The van der Waals surface area contributed by atoms with Crippen LogP contribution >= 0.6 is 24.0 Å². The molecule has 6 nitrogen and oxygen atoms in total. The Morgan fingerprint density at radius 3 is 2.81 bits per heavy atom. The zero-order valence-electron chi connectivity index (χ0n) is 17.5. The van der Waals surface area contributed by atoms with Crippen molar-refractivity contribution in [3.05, 3.63) is 83.8 Å². The molecule has 3 N–H and O–H groups in total. The highest BCUT2D eigenvalue weighted by Gasteiger charge is 2.07. The summed E-state index contributed by atoms with van der Waals surface area (Å²) in [5.41, 5.74) is 4.99. The second-order valence-corrected chi connectivity index (χ2v) is 7.22. The van der Waals surface area contributed by atoms with Crippen molar-refractivity contribution in [2.45, 2.75) is 19.9 Å². The minimum atomic E-state index is -0.287. The SMILES string of the molecule is CN=C(NCCc1c[nH]c2cc(C)ccc12)NCc1ccc(-n2ccnc2)c(F)c1.I. The van der Waals surface area contributed by atoms with Gasteiger partial charge in [0, 0.05) is 49.6 Å². The van der Waals surface area contributed by atoms with Crippen LogP contribution in [0, 0.1) is 12.7 Å². The van der Waals surface area contributed by atoms with E-state index in [1.165, 1.54) is 22.6 Å². The van der Waals surface area contributed by atoms with E-state index in [0.29, 0.717) is 18.2 Å². The van der Waals surface area contributed by atoms with Crippen LogP contribution in [0.2, 0.25) is 0 Å². The molecular formula is C23H26FIN6. The zero-order chi connectivity index (χ0) is 20.9. The summed E-state index contributed by atoms with van der Waals surface area (Å²) in [6.07, 6.45) is 7.86. The number of halogens is 2. The number of hydrogen-bond acceptors (Lipinski definition) is 2. The van der Waals surface area contributed by atoms with E-state index < -0.39 is 0 Å². The van der Waals surface area contributed by atoms with Gasteiger partial charge in [0.15, 0.2) is 5.96 Å². The number of aromatic nitrogens is 3. The van der Waals surface area contributed by atoms with Crippen molar-refractivity contribution in [1.82, 2.24) is 25.2 Å². The minimum Gasteiger partial charge on any atom is -0.361 e. The molecule has 0 unspecified atom stereocenters. The first-order valence-corrected chi connectivity index (χ1v) is 9.92. The third kappa shape index (κ3) is 5.43. The van der Waals surface area contributed by atoms with Crippen LogP contribution in [-0.4, -0.2) is 34.1 Å². The molecule has 0 aliphatic rings. The highest BCUT2D eigenvalue weighted by Crippen LogP contribution is 2.19. The van der Waals surface area contributed by atoms with Crippen LogP contribution in [0.4, 0.5) is 4.39 Å². The number of rotatable bonds is 6. The molecule has 0 saturated carbocycles. The van der Waals surface area contributed by atoms with E-state index in [4.69, 9.17) is 0 Å². The van der Waals surface area contributed by atoms with Gasteiger partial charge >= 0.3 is 0 Å². The standard InChI is InChI=1S/C23H25FN6.HI/c1-16-3-5-19-18(14-28-21(19)11-16)7-8-27-23(25-2)29-13-17-4-6-22(20(24)12-17)30-10-9-26-15-30;/h3-6,9-12,14-15,28H,7-8,13H2,1-2H3,(H2,25,27,29);1H. The fraction of sp³-hybridized carbons (Fsp3) is 0.217. The van der Waals surface area contributed by atoms with Gasteiger partial charge in [-0.15, -0.1) is 24.0 Å². The quantitative estimate of drug-likeness (QED) is 0.197. The van der Waals surface area contributed by atoms with Gasteiger partial charge in [-0.05, 0) is 48.2 Å². The van der Waals surface area contributed by atoms with Crippen molar-refractivity contribution in [1.29, 1.82) is 0 Å². The largest absolute Gasteiger partial charge is 0.361 e. The summed E-state index contributed by atoms with van der Waals surface area (Å²) in [5, 5.41) is 7.81. The molecule has 4 rings (SSSR count). The Labute approximate surface area is 198 Å². The van der Waals surface area contributed by atoms with E-state index in [2.05, 4.69) is 56.9 Å². The number of hydrogen-bond donors (Lipinski definition) is 3. The number of benzene rings is 2. The third-order valence-electron chi connectivity index (χ3n) is 5.09. The van der Waals surface area contributed by atoms with Crippen molar-refractivity contribution < 1.29 is 4.39 Å². The van der Waals surface area contributed by atoms with Crippen molar-refractivity contribution >= 4 is 40.8 Å². The Kier molecular flexibility index (Phi) is 7.67. The van der Waals surface area contributed by atoms with Gasteiger partial charge < -0.3 is 20.2 Å². The van der Waals surface area contributed by atoms with Crippen LogP contribution in [0.5, 0.6) is 0 Å². The van der Waals surface area contributed by atoms with Crippen molar-refractivity contribution in [3.63, 3.8) is 0 Å². The lowest BCUT2D eigenvalue weighted by molar-refractivity contribution is 0.615. The fourth-order valence-electron chi connectivity index (χ4n) is 3.50. The molecule has 0 radical (unpaired) electrons. The average molecular weight is 532 g/mol. The van der Waals surface area contributed by atoms with E-state index in [0.717, 1.165) is 24.0 Å². The Hall–Kier alpha value is -2.88. The van der Waals surface area contributed by atoms with Gasteiger partial charge in [0.25, 0.3) is 0 Å². The maximum Gasteiger partial charge on any atom is 0.191 e. The van der Waals surface area contributed by atoms with Gasteiger partial charge in [0.2, 0.25) is 0 Å². The Morgan fingerprint density at radius 1 is 1.19 bits per heavy atom. The smallest absolute Gasteiger partial charge is 0.191 e. The second-order valence-electron chi connectivity index (χ2n) is 7.22. The molecule has 0 fully saturated rings. The highest BCUT2D eigenvalue weighted by atomic mass is 127. The molecule has 0 spiro atoms. The Morgan fingerprint density at radius 2 is 2.06 bits per heavy atom. The number of nitrogens with zero attached hydrogens (tertiary/aromatic N) is 3. The Balaban J connectivity index is 0.00000272. The predicted molar refractivity (Wildman–Crippen MR) is 134 cm³/mol. The molecule has 2 aromatic carbocycles. The molecular weight excluding hydrogens is 506 g/mol. The monoisotopic (exact) mass is 532 g/mol. The van der Waals surface area contributed by atoms with Crippen LogP contribution in [0.3, 0.4) is 0 Å². The summed E-state index contributed by atoms with van der Waals surface area (Å²) in [4.78, 5) is 11.5. The van der Waals surface area contributed by atoms with Crippen LogP contribution < -0.4 is 10.6 Å². The molecule has 162 valence electrons. The molecule has 0 aliphatic carbocycles. The van der Waals surface area contributed by atoms with Crippen LogP contribution in [0.15, 0.2) is 66.3 Å². The molecule has 0 amide bonds. The number of aliphatic imine (C=N–C) groups is 1. The molecule has 8 heteroatoms. The molecule has 2 aromatic heterocycles. The van der Waals surface area contributed by atoms with E-state index >= 15 is 0 Å². The van der Waals surface area contributed by atoms with Gasteiger partial charge in [-0.1, -0.05) is 18.2 Å². The van der Waals surface area contributed by atoms with Crippen molar-refractivity contribution in [3.8, 4) is 5.69 Å². The van der Waals surface area contributed by atoms with Gasteiger partial charge in [-0.25, -0.2) is 9.37 Å². The molecule has 0 saturated heterocycles. The van der Waals surface area contributed by atoms with Crippen molar-refractivity contribution in [2.24, 2.45) is 4.99 Å². The van der Waals surface area contributed by atoms with E-state index in [9.17, 15) is 4.39 Å². The molecule has 0 bridgehead atoms. The minimum absolute atomic E-state index is 0. The molecule has 4 aromatic rings. The average Bonchev–Trinajstić information content (AvgIpc) is 3.40. The zero-order valence-corrected chi connectivity index (χ0v) is 19.9. The van der Waals surface area contributed by atoms with Crippen molar-refractivity contribution in [2.75, 3.05) is 13.6 Å². The first kappa shape index (κ1) is 22.8. The number of H-pyrrole nitrogens is 1. The topological polar surface area (TPSA) is 70.0 Å². The van der Waals surface area contributed by atoms with Gasteiger partial charge in [0.05, 0.1) is 12.0 Å². The maximum atomic E-state index is 14.4. The van der Waals surface area contributed by atoms with Gasteiger partial charge in [-0.3, -0.25) is 4.99 Å². The normalized spacial score (nSPS) is 11.4. The number of aryl methyl sites for hydroxylation is 1. The lowest BCUT2D eigenvalue weighted by Gasteiger charge is -2.12.